The van der Waals surface area contributed by atoms with E-state index in [0.717, 1.165) is 0 Å². The van der Waals surface area contributed by atoms with Gasteiger partial charge in [0.05, 0.1) is 7.98 Å². The van der Waals surface area contributed by atoms with Crippen LogP contribution in [0.25, 0.3) is 0 Å². The molecule has 7 nitrogen and oxygen atoms in total. The van der Waals surface area contributed by atoms with E-state index in [2.05, 4.69) is 5.32 Å². The van der Waals surface area contributed by atoms with E-state index >= 15 is 0 Å². The van der Waals surface area contributed by atoms with E-state index in [1.807, 2.05) is 0 Å². The van der Waals surface area contributed by atoms with Crippen molar-refractivity contribution in [2.24, 2.45) is 0 Å². The quantitative estimate of drug-likeness (QED) is 0.546. The zero-order chi connectivity index (χ0) is 20.2. The SMILES string of the molecule is [2H][C@H](/C=C1\[C@H]2OC(C)(C)O[C@H]2O[C@@H]1[C@H]1COC(C)(C)O1)NC(=O)C(Cl)(Cl)Cl. The lowest BCUT2D eigenvalue weighted by molar-refractivity contribution is -0.215. The van der Waals surface area contributed by atoms with Crippen LogP contribution in [-0.2, 0) is 28.5 Å². The third-order valence-electron chi connectivity index (χ3n) is 4.11. The van der Waals surface area contributed by atoms with Gasteiger partial charge in [0.2, 0.25) is 0 Å². The molecule has 1 N–H and O–H groups in total. The molecular weight excluding hydrogens is 409 g/mol. The Hall–Kier alpha value is -0.120. The van der Waals surface area contributed by atoms with Crippen LogP contribution in [0.15, 0.2) is 11.6 Å². The first-order chi connectivity index (χ1) is 12.3. The summed E-state index contributed by atoms with van der Waals surface area (Å²) in [5.74, 6) is -2.49. The minimum atomic E-state index is -2.16. The van der Waals surface area contributed by atoms with Gasteiger partial charge in [0.1, 0.15) is 18.3 Å². The number of carbonyl (C=O) groups is 1. The fraction of sp³-hybridized carbons (Fsp3) is 0.812. The molecule has 0 aliphatic carbocycles. The van der Waals surface area contributed by atoms with Crippen LogP contribution >= 0.6 is 34.8 Å². The van der Waals surface area contributed by atoms with Crippen molar-refractivity contribution in [3.63, 3.8) is 0 Å². The summed E-state index contributed by atoms with van der Waals surface area (Å²) >= 11 is 16.6. The molecule has 10 heteroatoms. The van der Waals surface area contributed by atoms with E-state index in [9.17, 15) is 4.79 Å². The van der Waals surface area contributed by atoms with Gasteiger partial charge < -0.3 is 29.0 Å². The Labute approximate surface area is 168 Å². The molecule has 3 aliphatic rings. The predicted molar refractivity (Wildman–Crippen MR) is 95.0 cm³/mol. The summed E-state index contributed by atoms with van der Waals surface area (Å²) < 4.78 is 35.1. The van der Waals surface area contributed by atoms with Crippen molar-refractivity contribution in [1.29, 1.82) is 0 Å². The topological polar surface area (TPSA) is 75.2 Å². The molecule has 3 heterocycles. The highest BCUT2D eigenvalue weighted by Gasteiger charge is 2.55. The van der Waals surface area contributed by atoms with Gasteiger partial charge in [-0.3, -0.25) is 4.79 Å². The Morgan fingerprint density at radius 1 is 1.23 bits per heavy atom. The standard InChI is InChI=1S/C16H22Cl3NO6/c1-14(2)22-7-9(24-14)10-8(5-6-20-13(21)16(17,18)19)11-12(23-10)26-15(3,4)25-11/h5,9-12H,6-7H2,1-4H3,(H,20,21)/b8-5-/t9-,10+,11-,12-/m1/s1/i6D/t6-,9-,10+,11-,12-. The third kappa shape index (κ3) is 4.47. The molecule has 3 rings (SSSR count). The van der Waals surface area contributed by atoms with E-state index in [4.69, 9.17) is 59.9 Å². The summed E-state index contributed by atoms with van der Waals surface area (Å²) in [6.07, 6.45) is -0.684. The molecule has 26 heavy (non-hydrogen) atoms. The second-order valence-corrected chi connectivity index (χ2v) is 9.43. The van der Waals surface area contributed by atoms with Gasteiger partial charge in [0, 0.05) is 6.52 Å². The summed E-state index contributed by atoms with van der Waals surface area (Å²) in [6, 6.07) is 0. The van der Waals surface area contributed by atoms with E-state index < -0.39 is 52.4 Å². The second kappa shape index (κ2) is 7.04. The molecule has 0 spiro atoms. The lowest BCUT2D eigenvalue weighted by Crippen LogP contribution is -2.37. The monoisotopic (exact) mass is 430 g/mol. The van der Waals surface area contributed by atoms with E-state index in [1.54, 1.807) is 27.7 Å². The minimum absolute atomic E-state index is 0.307. The van der Waals surface area contributed by atoms with Gasteiger partial charge in [-0.05, 0) is 33.3 Å². The number of ether oxygens (including phenoxy) is 5. The molecule has 0 aromatic heterocycles. The Bertz CT molecular complexity index is 638. The maximum Gasteiger partial charge on any atom is 0.272 e. The number of alkyl halides is 3. The number of hydrogen-bond donors (Lipinski definition) is 1. The molecule has 148 valence electrons. The number of fused-ring (bicyclic) bond motifs is 1. The molecule has 3 fully saturated rings. The normalized spacial score (nSPS) is 38.9. The van der Waals surface area contributed by atoms with Crippen molar-refractivity contribution >= 4 is 40.7 Å². The fourth-order valence-corrected chi connectivity index (χ4v) is 3.26. The van der Waals surface area contributed by atoms with E-state index in [0.29, 0.717) is 12.2 Å². The molecule has 3 saturated heterocycles. The van der Waals surface area contributed by atoms with Crippen LogP contribution in [0.5, 0.6) is 0 Å². The average molecular weight is 432 g/mol. The van der Waals surface area contributed by atoms with Crippen LogP contribution in [0, 0.1) is 0 Å². The molecule has 1 amide bonds. The van der Waals surface area contributed by atoms with Gasteiger partial charge in [-0.25, -0.2) is 0 Å². The van der Waals surface area contributed by atoms with Crippen LogP contribution in [0.4, 0.5) is 0 Å². The molecule has 0 unspecified atom stereocenters. The smallest absolute Gasteiger partial charge is 0.272 e. The number of amides is 1. The van der Waals surface area contributed by atoms with Crippen molar-refractivity contribution in [2.75, 3.05) is 13.1 Å². The Balaban J connectivity index is 1.81. The highest BCUT2D eigenvalue weighted by Crippen LogP contribution is 2.43. The first kappa shape index (κ1) is 19.2. The van der Waals surface area contributed by atoms with Crippen molar-refractivity contribution < 1.29 is 29.8 Å². The van der Waals surface area contributed by atoms with Crippen LogP contribution in [-0.4, -0.2) is 59.0 Å². The van der Waals surface area contributed by atoms with Gasteiger partial charge in [-0.2, -0.15) is 0 Å². The van der Waals surface area contributed by atoms with E-state index in [1.165, 1.54) is 6.08 Å². The first-order valence-electron chi connectivity index (χ1n) is 8.70. The number of nitrogens with one attached hydrogen (secondary N) is 1. The Kier molecular flexibility index (Phi) is 5.20. The molecule has 3 aliphatic heterocycles. The summed E-state index contributed by atoms with van der Waals surface area (Å²) in [5.41, 5.74) is 0.612. The van der Waals surface area contributed by atoms with Crippen LogP contribution in [0.1, 0.15) is 29.1 Å². The van der Waals surface area contributed by atoms with E-state index in [-0.39, 0.29) is 0 Å². The van der Waals surface area contributed by atoms with Crippen molar-refractivity contribution in [2.45, 2.75) is 67.7 Å². The second-order valence-electron chi connectivity index (χ2n) is 7.15. The maximum absolute atomic E-state index is 11.8. The summed E-state index contributed by atoms with van der Waals surface area (Å²) in [6.45, 7) is 6.26. The number of rotatable bonds is 3. The lowest BCUT2D eigenvalue weighted by Gasteiger charge is -2.25. The Morgan fingerprint density at radius 2 is 1.92 bits per heavy atom. The summed E-state index contributed by atoms with van der Waals surface area (Å²) in [5, 5.41) is 2.31. The summed E-state index contributed by atoms with van der Waals surface area (Å²) in [7, 11) is 0. The van der Waals surface area contributed by atoms with Crippen molar-refractivity contribution in [1.82, 2.24) is 5.32 Å². The van der Waals surface area contributed by atoms with Crippen LogP contribution < -0.4 is 5.32 Å². The third-order valence-corrected chi connectivity index (χ3v) is 4.63. The van der Waals surface area contributed by atoms with Crippen LogP contribution in [0.2, 0.25) is 0 Å². The van der Waals surface area contributed by atoms with Gasteiger partial charge in [-0.15, -0.1) is 0 Å². The van der Waals surface area contributed by atoms with Gasteiger partial charge in [0.15, 0.2) is 17.9 Å². The molecule has 0 aromatic carbocycles. The largest absolute Gasteiger partial charge is 0.349 e. The van der Waals surface area contributed by atoms with Gasteiger partial charge in [0.25, 0.3) is 9.70 Å². The number of carbonyl (C=O) groups excluding carboxylic acids is 1. The van der Waals surface area contributed by atoms with Gasteiger partial charge in [-0.1, -0.05) is 40.9 Å². The maximum atomic E-state index is 11.8. The molecule has 0 aromatic rings. The van der Waals surface area contributed by atoms with Gasteiger partial charge >= 0.3 is 0 Å². The Morgan fingerprint density at radius 3 is 2.50 bits per heavy atom. The zero-order valence-corrected chi connectivity index (χ0v) is 17.0. The molecule has 0 saturated carbocycles. The average Bonchev–Trinajstić information content (AvgIpc) is 3.09. The fourth-order valence-electron chi connectivity index (χ4n) is 3.09. The minimum Gasteiger partial charge on any atom is -0.349 e. The number of hydrogen-bond acceptors (Lipinski definition) is 6. The molecular formula is C16H22Cl3NO6. The lowest BCUT2D eigenvalue weighted by atomic mass is 10.0. The highest BCUT2D eigenvalue weighted by atomic mass is 35.6. The summed E-state index contributed by atoms with van der Waals surface area (Å²) in [4.78, 5) is 11.8. The number of halogens is 3. The molecule has 0 bridgehead atoms. The zero-order valence-electron chi connectivity index (χ0n) is 15.8. The molecule has 0 radical (unpaired) electrons. The first-order valence-corrected chi connectivity index (χ1v) is 9.25. The van der Waals surface area contributed by atoms with Crippen LogP contribution in [0.3, 0.4) is 0 Å². The van der Waals surface area contributed by atoms with Crippen molar-refractivity contribution in [3.8, 4) is 0 Å². The molecule has 5 atom stereocenters. The predicted octanol–water partition coefficient (Wildman–Crippen LogP) is 2.43. The highest BCUT2D eigenvalue weighted by molar-refractivity contribution is 6.76. The van der Waals surface area contributed by atoms with Crippen molar-refractivity contribution in [3.05, 3.63) is 11.6 Å².